The van der Waals surface area contributed by atoms with E-state index in [1.54, 1.807) is 0 Å². The molecule has 1 saturated heterocycles. The molecule has 1 rings (SSSR count). The second-order valence-electron chi connectivity index (χ2n) is 18.9. The maximum Gasteiger partial charge on any atom is 0.335 e. The van der Waals surface area contributed by atoms with Gasteiger partial charge in [0, 0.05) is 6.42 Å². The first-order valence-electron chi connectivity index (χ1n) is 26.2. The Morgan fingerprint density at radius 1 is 0.475 bits per heavy atom. The normalized spacial score (nSPS) is 20.7. The van der Waals surface area contributed by atoms with Crippen LogP contribution in [0.25, 0.3) is 0 Å². The predicted molar refractivity (Wildman–Crippen MR) is 250 cm³/mol. The van der Waals surface area contributed by atoms with Crippen molar-refractivity contribution in [2.24, 2.45) is 0 Å². The van der Waals surface area contributed by atoms with Crippen molar-refractivity contribution in [1.82, 2.24) is 5.32 Å². The maximum absolute atomic E-state index is 13.1. The highest BCUT2D eigenvalue weighted by Crippen LogP contribution is 2.26. The largest absolute Gasteiger partial charge is 0.479 e. The number of carboxylic acid groups (broad SMARTS) is 1. The van der Waals surface area contributed by atoms with E-state index in [0.717, 1.165) is 51.4 Å². The molecule has 61 heavy (non-hydrogen) atoms. The lowest BCUT2D eigenvalue weighted by Crippen LogP contribution is -2.60. The van der Waals surface area contributed by atoms with E-state index in [-0.39, 0.29) is 18.7 Å². The highest BCUT2D eigenvalue weighted by Gasteiger charge is 2.47. The molecule has 0 aromatic rings. The zero-order valence-corrected chi connectivity index (χ0v) is 39.6. The Morgan fingerprint density at radius 2 is 0.820 bits per heavy atom. The van der Waals surface area contributed by atoms with Gasteiger partial charge in [0.2, 0.25) is 5.91 Å². The number of nitrogens with one attached hydrogen (secondary N) is 1. The second kappa shape index (κ2) is 40.2. The maximum atomic E-state index is 13.1. The molecule has 6 unspecified atom stereocenters. The smallest absolute Gasteiger partial charge is 0.335 e. The number of carbonyl (C=O) groups is 2. The van der Waals surface area contributed by atoms with E-state index in [1.807, 2.05) is 0 Å². The van der Waals surface area contributed by atoms with Gasteiger partial charge in [-0.1, -0.05) is 232 Å². The minimum atomic E-state index is -1.79. The van der Waals surface area contributed by atoms with Gasteiger partial charge in [0.05, 0.1) is 24.4 Å². The number of unbranched alkanes of at least 4 members (excludes halogenated alkanes) is 33. The van der Waals surface area contributed by atoms with E-state index in [4.69, 9.17) is 4.74 Å². The first-order chi connectivity index (χ1) is 29.6. The lowest BCUT2D eigenvalue weighted by Gasteiger charge is -2.39. The molecule has 7 N–H and O–H groups in total. The van der Waals surface area contributed by atoms with Crippen LogP contribution in [0.2, 0.25) is 0 Å². The van der Waals surface area contributed by atoms with Crippen LogP contribution in [0.3, 0.4) is 0 Å². The number of aliphatic hydroxyl groups is 5. The minimum Gasteiger partial charge on any atom is -0.479 e. The van der Waals surface area contributed by atoms with Gasteiger partial charge >= 0.3 is 5.97 Å². The van der Waals surface area contributed by atoms with E-state index in [0.29, 0.717) is 12.8 Å². The van der Waals surface area contributed by atoms with Crippen molar-refractivity contribution in [3.8, 4) is 0 Å². The first kappa shape index (κ1) is 57.7. The molecule has 10 heteroatoms. The van der Waals surface area contributed by atoms with Crippen molar-refractivity contribution < 1.29 is 45.0 Å². The monoisotopic (exact) mass is 870 g/mol. The first-order valence-corrected chi connectivity index (χ1v) is 26.2. The summed E-state index contributed by atoms with van der Waals surface area (Å²) >= 11 is 0. The van der Waals surface area contributed by atoms with Crippen LogP contribution in [0, 0.1) is 0 Å². The van der Waals surface area contributed by atoms with Crippen molar-refractivity contribution in [2.75, 3.05) is 0 Å². The van der Waals surface area contributed by atoms with Gasteiger partial charge < -0.3 is 40.7 Å². The fraction of sp³-hybridized carbons (Fsp3) is 0.961. The van der Waals surface area contributed by atoms with Crippen LogP contribution in [0.15, 0.2) is 0 Å². The number of carboxylic acids is 1. The fourth-order valence-corrected chi connectivity index (χ4v) is 9.05. The third-order valence-electron chi connectivity index (χ3n) is 13.2. The predicted octanol–water partition coefficient (Wildman–Crippen LogP) is 11.4. The van der Waals surface area contributed by atoms with Gasteiger partial charge in [-0.2, -0.15) is 0 Å². The number of aliphatic carboxylic acids is 1. The third kappa shape index (κ3) is 30.5. The van der Waals surface area contributed by atoms with Gasteiger partial charge in [-0.25, -0.2) is 4.79 Å². The number of rotatable bonds is 44. The summed E-state index contributed by atoms with van der Waals surface area (Å²) in [5, 5.41) is 65.5. The van der Waals surface area contributed by atoms with Crippen LogP contribution in [0.5, 0.6) is 0 Å². The molecule has 0 radical (unpaired) electrons. The Balaban J connectivity index is 2.30. The Labute approximate surface area is 374 Å². The molecule has 0 aromatic carbocycles. The molecule has 362 valence electrons. The van der Waals surface area contributed by atoms with Crippen LogP contribution in [0.4, 0.5) is 0 Å². The van der Waals surface area contributed by atoms with Gasteiger partial charge in [-0.15, -0.1) is 0 Å². The van der Waals surface area contributed by atoms with Crippen LogP contribution in [-0.4, -0.2) is 91.3 Å². The molecule has 1 amide bonds. The van der Waals surface area contributed by atoms with Crippen molar-refractivity contribution in [3.05, 3.63) is 0 Å². The third-order valence-corrected chi connectivity index (χ3v) is 13.2. The van der Waals surface area contributed by atoms with Gasteiger partial charge in [-0.05, 0) is 25.7 Å². The molecule has 10 nitrogen and oxygen atoms in total. The number of carbonyl (C=O) groups excluding carboxylic acids is 1. The van der Waals surface area contributed by atoms with Crippen molar-refractivity contribution in [3.63, 3.8) is 0 Å². The van der Waals surface area contributed by atoms with Crippen LogP contribution >= 0.6 is 0 Å². The average molecular weight is 870 g/mol. The van der Waals surface area contributed by atoms with Crippen LogP contribution < -0.4 is 5.32 Å². The lowest BCUT2D eigenvalue weighted by atomic mass is 9.89. The fourth-order valence-electron chi connectivity index (χ4n) is 9.05. The minimum absolute atomic E-state index is 0.00149. The van der Waals surface area contributed by atoms with E-state index in [2.05, 4.69) is 19.2 Å². The molecule has 0 bridgehead atoms. The number of amides is 1. The number of ether oxygens (including phenoxy) is 1. The molecule has 0 aliphatic carbocycles. The van der Waals surface area contributed by atoms with Gasteiger partial charge in [-0.3, -0.25) is 4.79 Å². The number of hydrogen-bond acceptors (Lipinski definition) is 8. The lowest BCUT2D eigenvalue weighted by molar-refractivity contribution is -0.229. The summed E-state index contributed by atoms with van der Waals surface area (Å²) in [4.78, 5) is 24.7. The molecule has 8 atom stereocenters. The second-order valence-corrected chi connectivity index (χ2v) is 18.9. The van der Waals surface area contributed by atoms with Crippen molar-refractivity contribution >= 4 is 11.9 Å². The van der Waals surface area contributed by atoms with Gasteiger partial charge in [0.15, 0.2) is 6.10 Å². The van der Waals surface area contributed by atoms with E-state index in [9.17, 15) is 40.2 Å². The standard InChI is InChI=1S/C51H99NO9/c1-3-5-7-9-11-13-15-17-18-19-20-21-22-23-24-25-26-27-29-31-33-35-37-39-45(54)52-42(40-41-44-47(56)48(57)49(58)50(61-44)51(59)60)46(55)43(53)38-36-34-32-30-28-16-14-12-10-8-6-4-2/h42-44,46-50,53,55-58H,3-41H2,1-2H3,(H,52,54)(H,59,60)/t42?,43?,44-,46?,47?,48?,49-,50?/m1/s1. The zero-order valence-electron chi connectivity index (χ0n) is 39.6. The Hall–Kier alpha value is -1.30. The SMILES string of the molecule is CCCCCCCCCCCCCCCCCCCCCCCCCC(=O)NC(CC[C@H]1OC(C(=O)O)[C@H](O)C(O)C1O)C(O)C(O)CCCCCCCCCCCCCC. The summed E-state index contributed by atoms with van der Waals surface area (Å²) in [6.45, 7) is 4.52. The topological polar surface area (TPSA) is 177 Å². The average Bonchev–Trinajstić information content (AvgIpc) is 3.25. The van der Waals surface area contributed by atoms with Crippen LogP contribution in [0.1, 0.15) is 264 Å². The summed E-state index contributed by atoms with van der Waals surface area (Å²) in [6.07, 6.45) is 34.9. The Kier molecular flexibility index (Phi) is 38.1. The Morgan fingerprint density at radius 3 is 1.18 bits per heavy atom. The van der Waals surface area contributed by atoms with Crippen LogP contribution in [-0.2, 0) is 14.3 Å². The van der Waals surface area contributed by atoms with E-state index in [1.165, 1.54) is 173 Å². The van der Waals surface area contributed by atoms with Gasteiger partial charge in [0.25, 0.3) is 0 Å². The Bertz CT molecular complexity index is 1000. The summed E-state index contributed by atoms with van der Waals surface area (Å²) in [6, 6.07) is -0.854. The highest BCUT2D eigenvalue weighted by molar-refractivity contribution is 5.76. The molecule has 1 heterocycles. The highest BCUT2D eigenvalue weighted by atomic mass is 16.6. The molecule has 1 fully saturated rings. The zero-order chi connectivity index (χ0) is 44.8. The van der Waals surface area contributed by atoms with E-state index < -0.39 is 54.7 Å². The summed E-state index contributed by atoms with van der Waals surface area (Å²) < 4.78 is 5.45. The quantitative estimate of drug-likeness (QED) is 0.0294. The molecular weight excluding hydrogens is 771 g/mol. The molecular formula is C51H99NO9. The molecule has 1 aliphatic rings. The van der Waals surface area contributed by atoms with Crippen molar-refractivity contribution in [1.29, 1.82) is 0 Å². The molecule has 0 spiro atoms. The van der Waals surface area contributed by atoms with E-state index >= 15 is 0 Å². The van der Waals surface area contributed by atoms with Gasteiger partial charge in [0.1, 0.15) is 18.3 Å². The summed E-state index contributed by atoms with van der Waals surface area (Å²) in [5.41, 5.74) is 0. The summed E-state index contributed by atoms with van der Waals surface area (Å²) in [7, 11) is 0. The summed E-state index contributed by atoms with van der Waals surface area (Å²) in [5.74, 6) is -1.68. The number of hydrogen-bond donors (Lipinski definition) is 7. The molecule has 0 saturated carbocycles. The number of aliphatic hydroxyl groups excluding tert-OH is 5. The van der Waals surface area contributed by atoms with Crippen molar-refractivity contribution in [2.45, 2.75) is 313 Å². The molecule has 0 aromatic heterocycles. The molecule has 1 aliphatic heterocycles.